The maximum Gasteiger partial charge on any atom is 0.122 e. The number of hydrogen-bond acceptors (Lipinski definition) is 2. The molecular formula is C18H30O2. The van der Waals surface area contributed by atoms with Gasteiger partial charge in [-0.05, 0) is 36.8 Å². The van der Waals surface area contributed by atoms with Gasteiger partial charge in [0.2, 0.25) is 0 Å². The summed E-state index contributed by atoms with van der Waals surface area (Å²) < 4.78 is 11.5. The number of hydrogen-bond donors (Lipinski definition) is 0. The van der Waals surface area contributed by atoms with Crippen LogP contribution in [0, 0.1) is 5.41 Å². The molecule has 0 saturated carbocycles. The summed E-state index contributed by atoms with van der Waals surface area (Å²) in [6.45, 7) is 10.6. The first-order valence-corrected chi connectivity index (χ1v) is 7.87. The van der Waals surface area contributed by atoms with E-state index >= 15 is 0 Å². The first-order chi connectivity index (χ1) is 9.51. The molecule has 0 bridgehead atoms. The van der Waals surface area contributed by atoms with Gasteiger partial charge in [-0.25, -0.2) is 0 Å². The molecule has 1 rings (SSSR count). The molecule has 0 spiro atoms. The highest BCUT2D eigenvalue weighted by molar-refractivity contribution is 5.32. The topological polar surface area (TPSA) is 18.5 Å². The molecule has 0 N–H and O–H groups in total. The Balaban J connectivity index is 2.28. The summed E-state index contributed by atoms with van der Waals surface area (Å²) in [5.41, 5.74) is 0.383. The summed E-state index contributed by atoms with van der Waals surface area (Å²) in [6.07, 6.45) is 5.84. The number of ether oxygens (including phenoxy) is 2. The largest absolute Gasteiger partial charge is 0.493 e. The highest BCUT2D eigenvalue weighted by atomic mass is 16.5. The molecule has 0 radical (unpaired) electrons. The molecule has 0 saturated heterocycles. The van der Waals surface area contributed by atoms with Crippen molar-refractivity contribution in [3.8, 4) is 11.5 Å². The third-order valence-electron chi connectivity index (χ3n) is 3.16. The van der Waals surface area contributed by atoms with E-state index in [0.717, 1.165) is 37.6 Å². The lowest BCUT2D eigenvalue weighted by Crippen LogP contribution is -2.08. The van der Waals surface area contributed by atoms with E-state index in [0.29, 0.717) is 5.41 Å². The van der Waals surface area contributed by atoms with Crippen molar-refractivity contribution >= 4 is 0 Å². The molecule has 0 fully saturated rings. The fraction of sp³-hybridized carbons (Fsp3) is 0.667. The van der Waals surface area contributed by atoms with Gasteiger partial charge >= 0.3 is 0 Å². The molecule has 0 unspecified atom stereocenters. The fourth-order valence-corrected chi connectivity index (χ4v) is 1.99. The quantitative estimate of drug-likeness (QED) is 0.558. The van der Waals surface area contributed by atoms with Crippen LogP contribution in [0.4, 0.5) is 0 Å². The molecule has 114 valence electrons. The molecule has 0 aromatic heterocycles. The molecule has 0 aliphatic rings. The smallest absolute Gasteiger partial charge is 0.122 e. The summed E-state index contributed by atoms with van der Waals surface area (Å²) in [5, 5.41) is 0. The van der Waals surface area contributed by atoms with E-state index in [1.807, 2.05) is 24.3 Å². The van der Waals surface area contributed by atoms with Crippen molar-refractivity contribution in [2.45, 2.75) is 59.8 Å². The van der Waals surface area contributed by atoms with Crippen LogP contribution < -0.4 is 9.47 Å². The van der Waals surface area contributed by atoms with Crippen LogP contribution >= 0.6 is 0 Å². The number of unbranched alkanes of at least 4 members (excludes halogenated alkanes) is 2. The van der Waals surface area contributed by atoms with Crippen LogP contribution in [0.15, 0.2) is 24.3 Å². The number of benzene rings is 1. The lowest BCUT2D eigenvalue weighted by molar-refractivity contribution is 0.265. The predicted molar refractivity (Wildman–Crippen MR) is 85.6 cm³/mol. The minimum atomic E-state index is 0.383. The van der Waals surface area contributed by atoms with E-state index in [2.05, 4.69) is 27.7 Å². The summed E-state index contributed by atoms with van der Waals surface area (Å²) in [5.74, 6) is 1.82. The minimum absolute atomic E-state index is 0.383. The molecule has 0 atom stereocenters. The Morgan fingerprint density at radius 3 is 2.05 bits per heavy atom. The zero-order valence-electron chi connectivity index (χ0n) is 13.6. The Kier molecular flexibility index (Phi) is 7.50. The van der Waals surface area contributed by atoms with Crippen LogP contribution in [0.5, 0.6) is 11.5 Å². The van der Waals surface area contributed by atoms with E-state index in [4.69, 9.17) is 9.47 Å². The Hall–Kier alpha value is -1.18. The van der Waals surface area contributed by atoms with E-state index < -0.39 is 0 Å². The zero-order valence-corrected chi connectivity index (χ0v) is 13.6. The Morgan fingerprint density at radius 1 is 0.900 bits per heavy atom. The van der Waals surface area contributed by atoms with Crippen molar-refractivity contribution in [1.82, 2.24) is 0 Å². The summed E-state index contributed by atoms with van der Waals surface area (Å²) in [6, 6.07) is 7.97. The fourth-order valence-electron chi connectivity index (χ4n) is 1.99. The third kappa shape index (κ3) is 8.08. The Bertz CT molecular complexity index is 366. The van der Waals surface area contributed by atoms with Gasteiger partial charge in [-0.3, -0.25) is 0 Å². The van der Waals surface area contributed by atoms with Gasteiger partial charge in [-0.15, -0.1) is 0 Å². The van der Waals surface area contributed by atoms with Crippen molar-refractivity contribution in [2.24, 2.45) is 5.41 Å². The van der Waals surface area contributed by atoms with E-state index in [1.165, 1.54) is 19.3 Å². The van der Waals surface area contributed by atoms with Gasteiger partial charge in [0, 0.05) is 6.07 Å². The summed E-state index contributed by atoms with van der Waals surface area (Å²) in [4.78, 5) is 0. The van der Waals surface area contributed by atoms with Gasteiger partial charge in [0.05, 0.1) is 13.2 Å². The van der Waals surface area contributed by atoms with Crippen molar-refractivity contribution in [3.63, 3.8) is 0 Å². The van der Waals surface area contributed by atoms with Gasteiger partial charge in [0.1, 0.15) is 11.5 Å². The standard InChI is InChI=1S/C18H30O2/c1-5-6-7-13-19-16-10-8-11-17(15-16)20-14-9-12-18(2,3)4/h8,10-11,15H,5-7,9,12-14H2,1-4H3. The third-order valence-corrected chi connectivity index (χ3v) is 3.16. The molecular weight excluding hydrogens is 248 g/mol. The maximum atomic E-state index is 5.79. The maximum absolute atomic E-state index is 5.79. The van der Waals surface area contributed by atoms with Crippen LogP contribution in [-0.2, 0) is 0 Å². The van der Waals surface area contributed by atoms with Gasteiger partial charge in [-0.1, -0.05) is 46.6 Å². The van der Waals surface area contributed by atoms with E-state index in [-0.39, 0.29) is 0 Å². The van der Waals surface area contributed by atoms with Gasteiger partial charge in [-0.2, -0.15) is 0 Å². The normalized spacial score (nSPS) is 11.4. The Labute approximate surface area is 124 Å². The molecule has 0 aliphatic heterocycles. The van der Waals surface area contributed by atoms with Crippen molar-refractivity contribution < 1.29 is 9.47 Å². The van der Waals surface area contributed by atoms with Crippen LogP contribution in [0.25, 0.3) is 0 Å². The second kappa shape index (κ2) is 8.89. The first kappa shape index (κ1) is 16.9. The molecule has 1 aromatic rings. The molecule has 2 heteroatoms. The van der Waals surface area contributed by atoms with Crippen LogP contribution in [0.1, 0.15) is 59.8 Å². The van der Waals surface area contributed by atoms with Gasteiger partial charge in [0.25, 0.3) is 0 Å². The Morgan fingerprint density at radius 2 is 1.50 bits per heavy atom. The molecule has 0 aliphatic carbocycles. The number of rotatable bonds is 9. The molecule has 1 aromatic carbocycles. The lowest BCUT2D eigenvalue weighted by Gasteiger charge is -2.17. The van der Waals surface area contributed by atoms with Crippen LogP contribution in [0.2, 0.25) is 0 Å². The average molecular weight is 278 g/mol. The van der Waals surface area contributed by atoms with Crippen LogP contribution in [-0.4, -0.2) is 13.2 Å². The molecule has 0 heterocycles. The molecule has 20 heavy (non-hydrogen) atoms. The highest BCUT2D eigenvalue weighted by Crippen LogP contribution is 2.22. The molecule has 0 amide bonds. The van der Waals surface area contributed by atoms with E-state index in [1.54, 1.807) is 0 Å². The van der Waals surface area contributed by atoms with Gasteiger partial charge < -0.3 is 9.47 Å². The minimum Gasteiger partial charge on any atom is -0.493 e. The van der Waals surface area contributed by atoms with E-state index in [9.17, 15) is 0 Å². The first-order valence-electron chi connectivity index (χ1n) is 7.87. The highest BCUT2D eigenvalue weighted by Gasteiger charge is 2.09. The zero-order chi connectivity index (χ0) is 14.8. The molecule has 2 nitrogen and oxygen atoms in total. The monoisotopic (exact) mass is 278 g/mol. The van der Waals surface area contributed by atoms with Gasteiger partial charge in [0.15, 0.2) is 0 Å². The van der Waals surface area contributed by atoms with Crippen LogP contribution in [0.3, 0.4) is 0 Å². The van der Waals surface area contributed by atoms with Crippen molar-refractivity contribution in [2.75, 3.05) is 13.2 Å². The summed E-state index contributed by atoms with van der Waals surface area (Å²) in [7, 11) is 0. The second-order valence-corrected chi connectivity index (χ2v) is 6.54. The SMILES string of the molecule is CCCCCOc1cccc(OCCCC(C)(C)C)c1. The van der Waals surface area contributed by atoms with Crippen molar-refractivity contribution in [1.29, 1.82) is 0 Å². The average Bonchev–Trinajstić information content (AvgIpc) is 2.39. The summed E-state index contributed by atoms with van der Waals surface area (Å²) >= 11 is 0. The second-order valence-electron chi connectivity index (χ2n) is 6.54. The van der Waals surface area contributed by atoms with Crippen molar-refractivity contribution in [3.05, 3.63) is 24.3 Å². The lowest BCUT2D eigenvalue weighted by atomic mass is 9.91. The predicted octanol–water partition coefficient (Wildman–Crippen LogP) is 5.46.